The lowest BCUT2D eigenvalue weighted by Gasteiger charge is -1.99. The topological polar surface area (TPSA) is 63.9 Å². The first-order valence-corrected chi connectivity index (χ1v) is 4.22. The van der Waals surface area contributed by atoms with Crippen molar-refractivity contribution in [3.8, 4) is 0 Å². The molecule has 1 aliphatic heterocycles. The maximum atomic E-state index is 5.46. The first-order valence-electron chi connectivity index (χ1n) is 4.22. The molecule has 1 atom stereocenters. The van der Waals surface area contributed by atoms with E-state index in [9.17, 15) is 0 Å². The molecule has 0 radical (unpaired) electrons. The quantitative estimate of drug-likeness (QED) is 0.669. The minimum absolute atomic E-state index is 0.474. The van der Waals surface area contributed by atoms with Gasteiger partial charge in [0.2, 0.25) is 0 Å². The molecular weight excluding hydrogens is 154 g/mol. The number of hydrogen-bond donors (Lipinski definition) is 2. The molecule has 0 aliphatic carbocycles. The van der Waals surface area contributed by atoms with Crippen LogP contribution in [-0.2, 0) is 11.3 Å². The van der Waals surface area contributed by atoms with Crippen molar-refractivity contribution in [3.63, 3.8) is 0 Å². The van der Waals surface area contributed by atoms with Crippen molar-refractivity contribution >= 4 is 0 Å². The van der Waals surface area contributed by atoms with Crippen LogP contribution in [0.3, 0.4) is 0 Å². The van der Waals surface area contributed by atoms with Crippen LogP contribution in [0.15, 0.2) is 6.07 Å². The zero-order valence-corrected chi connectivity index (χ0v) is 6.92. The average molecular weight is 167 g/mol. The number of nitrogens with one attached hydrogen (secondary N) is 1. The van der Waals surface area contributed by atoms with Gasteiger partial charge in [0, 0.05) is 24.8 Å². The van der Waals surface area contributed by atoms with E-state index < -0.39 is 0 Å². The van der Waals surface area contributed by atoms with Crippen LogP contribution in [0.4, 0.5) is 0 Å². The van der Waals surface area contributed by atoms with Crippen LogP contribution in [0.1, 0.15) is 23.7 Å². The zero-order valence-electron chi connectivity index (χ0n) is 6.92. The first-order chi connectivity index (χ1) is 5.90. The summed E-state index contributed by atoms with van der Waals surface area (Å²) in [4.78, 5) is 0. The minimum Gasteiger partial charge on any atom is -0.381 e. The van der Waals surface area contributed by atoms with Gasteiger partial charge in [-0.05, 0) is 12.5 Å². The Kier molecular flexibility index (Phi) is 2.10. The summed E-state index contributed by atoms with van der Waals surface area (Å²) in [5.74, 6) is 0.474. The van der Waals surface area contributed by atoms with Crippen molar-refractivity contribution in [1.29, 1.82) is 0 Å². The number of aromatic nitrogens is 2. The van der Waals surface area contributed by atoms with Gasteiger partial charge in [-0.3, -0.25) is 5.10 Å². The second-order valence-corrected chi connectivity index (χ2v) is 3.08. The smallest absolute Gasteiger partial charge is 0.0680 e. The van der Waals surface area contributed by atoms with Gasteiger partial charge in [-0.25, -0.2) is 0 Å². The first kappa shape index (κ1) is 7.76. The molecule has 0 bridgehead atoms. The van der Waals surface area contributed by atoms with Crippen LogP contribution >= 0.6 is 0 Å². The molecule has 0 amide bonds. The summed E-state index contributed by atoms with van der Waals surface area (Å²) in [7, 11) is 0. The third kappa shape index (κ3) is 1.35. The fourth-order valence-electron chi connectivity index (χ4n) is 1.46. The van der Waals surface area contributed by atoms with Crippen molar-refractivity contribution in [2.45, 2.75) is 18.9 Å². The van der Waals surface area contributed by atoms with E-state index in [1.165, 1.54) is 0 Å². The Morgan fingerprint density at radius 1 is 1.75 bits per heavy atom. The molecule has 2 rings (SSSR count). The fraction of sp³-hybridized carbons (Fsp3) is 0.625. The van der Waals surface area contributed by atoms with Crippen LogP contribution < -0.4 is 5.73 Å². The van der Waals surface area contributed by atoms with E-state index in [1.54, 1.807) is 0 Å². The van der Waals surface area contributed by atoms with E-state index in [-0.39, 0.29) is 0 Å². The van der Waals surface area contributed by atoms with E-state index in [4.69, 9.17) is 10.5 Å². The van der Waals surface area contributed by atoms with E-state index in [0.29, 0.717) is 12.5 Å². The number of ether oxygens (including phenoxy) is 1. The van der Waals surface area contributed by atoms with Crippen molar-refractivity contribution in [3.05, 3.63) is 17.5 Å². The summed E-state index contributed by atoms with van der Waals surface area (Å²) in [5.41, 5.74) is 7.55. The molecular formula is C8H13N3O. The predicted molar refractivity (Wildman–Crippen MR) is 44.7 cm³/mol. The van der Waals surface area contributed by atoms with E-state index in [0.717, 1.165) is 31.0 Å². The molecule has 1 fully saturated rings. The van der Waals surface area contributed by atoms with Crippen LogP contribution in [0.5, 0.6) is 0 Å². The Morgan fingerprint density at radius 3 is 3.25 bits per heavy atom. The van der Waals surface area contributed by atoms with Crippen molar-refractivity contribution in [2.24, 2.45) is 5.73 Å². The zero-order chi connectivity index (χ0) is 8.39. The highest BCUT2D eigenvalue weighted by Crippen LogP contribution is 2.23. The number of nitrogens with zero attached hydrogens (tertiary/aromatic N) is 1. The normalized spacial score (nSPS) is 23.2. The molecule has 1 aromatic rings. The number of H-pyrrole nitrogens is 1. The maximum Gasteiger partial charge on any atom is 0.0680 e. The molecule has 0 spiro atoms. The Labute approximate surface area is 71.1 Å². The summed E-state index contributed by atoms with van der Waals surface area (Å²) in [6, 6.07) is 2.03. The summed E-state index contributed by atoms with van der Waals surface area (Å²) in [5, 5.41) is 7.09. The molecule has 0 aromatic carbocycles. The van der Waals surface area contributed by atoms with Gasteiger partial charge in [-0.15, -0.1) is 0 Å². The molecule has 12 heavy (non-hydrogen) atoms. The largest absolute Gasteiger partial charge is 0.381 e. The minimum atomic E-state index is 0.474. The van der Waals surface area contributed by atoms with E-state index in [2.05, 4.69) is 10.2 Å². The van der Waals surface area contributed by atoms with Crippen molar-refractivity contribution in [2.75, 3.05) is 13.2 Å². The SMILES string of the molecule is NCc1cc(C2CCOC2)n[nH]1. The van der Waals surface area contributed by atoms with Crippen LogP contribution in [0.2, 0.25) is 0 Å². The summed E-state index contributed by atoms with van der Waals surface area (Å²) >= 11 is 0. The lowest BCUT2D eigenvalue weighted by molar-refractivity contribution is 0.193. The number of hydrogen-bond acceptors (Lipinski definition) is 3. The lowest BCUT2D eigenvalue weighted by atomic mass is 10.1. The Morgan fingerprint density at radius 2 is 2.67 bits per heavy atom. The average Bonchev–Trinajstić information content (AvgIpc) is 2.75. The lowest BCUT2D eigenvalue weighted by Crippen LogP contribution is -1.97. The molecule has 1 saturated heterocycles. The van der Waals surface area contributed by atoms with Gasteiger partial charge >= 0.3 is 0 Å². The Bertz CT molecular complexity index is 253. The number of nitrogens with two attached hydrogens (primary N) is 1. The van der Waals surface area contributed by atoms with E-state index >= 15 is 0 Å². The fourth-order valence-corrected chi connectivity index (χ4v) is 1.46. The van der Waals surface area contributed by atoms with Crippen LogP contribution in [0, 0.1) is 0 Å². The maximum absolute atomic E-state index is 5.46. The molecule has 2 heterocycles. The molecule has 4 heteroatoms. The van der Waals surface area contributed by atoms with Crippen LogP contribution in [0.25, 0.3) is 0 Å². The van der Waals surface area contributed by atoms with Crippen molar-refractivity contribution < 1.29 is 4.74 Å². The molecule has 66 valence electrons. The molecule has 1 aromatic heterocycles. The van der Waals surface area contributed by atoms with Crippen LogP contribution in [-0.4, -0.2) is 23.4 Å². The third-order valence-electron chi connectivity index (χ3n) is 2.22. The standard InChI is InChI=1S/C8H13N3O/c9-4-7-3-8(11-10-7)6-1-2-12-5-6/h3,6H,1-2,4-5,9H2,(H,10,11). The molecule has 0 saturated carbocycles. The van der Waals surface area contributed by atoms with Gasteiger partial charge in [-0.1, -0.05) is 0 Å². The Balaban J connectivity index is 2.11. The Hall–Kier alpha value is -0.870. The van der Waals surface area contributed by atoms with E-state index in [1.807, 2.05) is 6.07 Å². The van der Waals surface area contributed by atoms with Gasteiger partial charge in [0.25, 0.3) is 0 Å². The van der Waals surface area contributed by atoms with Gasteiger partial charge in [0.1, 0.15) is 0 Å². The highest BCUT2D eigenvalue weighted by atomic mass is 16.5. The monoisotopic (exact) mass is 167 g/mol. The van der Waals surface area contributed by atoms with Gasteiger partial charge < -0.3 is 10.5 Å². The van der Waals surface area contributed by atoms with Crippen molar-refractivity contribution in [1.82, 2.24) is 10.2 Å². The highest BCUT2D eigenvalue weighted by Gasteiger charge is 2.19. The summed E-state index contributed by atoms with van der Waals surface area (Å²) in [6.45, 7) is 2.19. The highest BCUT2D eigenvalue weighted by molar-refractivity contribution is 5.13. The second-order valence-electron chi connectivity index (χ2n) is 3.08. The molecule has 3 N–H and O–H groups in total. The number of rotatable bonds is 2. The third-order valence-corrected chi connectivity index (χ3v) is 2.22. The molecule has 1 aliphatic rings. The van der Waals surface area contributed by atoms with Gasteiger partial charge in [0.15, 0.2) is 0 Å². The summed E-state index contributed by atoms with van der Waals surface area (Å²) in [6.07, 6.45) is 1.08. The van der Waals surface area contributed by atoms with Gasteiger partial charge in [0.05, 0.1) is 12.3 Å². The van der Waals surface area contributed by atoms with Gasteiger partial charge in [-0.2, -0.15) is 5.10 Å². The molecule has 4 nitrogen and oxygen atoms in total. The predicted octanol–water partition coefficient (Wildman–Crippen LogP) is 0.372. The molecule has 1 unspecified atom stereocenters. The number of aromatic amines is 1. The second kappa shape index (κ2) is 3.25. The summed E-state index contributed by atoms with van der Waals surface area (Å²) < 4.78 is 5.27.